The molecule has 0 aliphatic rings. The molecule has 0 radical (unpaired) electrons. The molecule has 68 valence electrons. The number of benzene rings is 1. The minimum Gasteiger partial charge on any atom is -0.242 e. The molecule has 0 fully saturated rings. The van der Waals surface area contributed by atoms with Crippen molar-refractivity contribution in [2.45, 2.75) is 13.8 Å². The summed E-state index contributed by atoms with van der Waals surface area (Å²) in [6.45, 7) is 7.64. The molecule has 0 aliphatic heterocycles. The lowest BCUT2D eigenvalue weighted by Gasteiger charge is -2.13. The molecule has 0 N–H and O–H groups in total. The SMILES string of the molecule is C=CN(N=CC)c1cccc(C)c1. The lowest BCUT2D eigenvalue weighted by molar-refractivity contribution is 1.08. The van der Waals surface area contributed by atoms with Gasteiger partial charge in [0.25, 0.3) is 0 Å². The summed E-state index contributed by atoms with van der Waals surface area (Å²) in [5.41, 5.74) is 2.25. The van der Waals surface area contributed by atoms with Gasteiger partial charge >= 0.3 is 0 Å². The summed E-state index contributed by atoms with van der Waals surface area (Å²) in [4.78, 5) is 0. The van der Waals surface area contributed by atoms with Gasteiger partial charge in [0.15, 0.2) is 0 Å². The number of hydrogen-bond donors (Lipinski definition) is 0. The van der Waals surface area contributed by atoms with Gasteiger partial charge in [0.1, 0.15) is 0 Å². The Balaban J connectivity index is 2.97. The second-order valence-electron chi connectivity index (χ2n) is 2.74. The molecule has 0 aromatic heterocycles. The Morgan fingerprint density at radius 3 is 2.77 bits per heavy atom. The molecule has 0 atom stereocenters. The van der Waals surface area contributed by atoms with Crippen molar-refractivity contribution in [1.29, 1.82) is 0 Å². The van der Waals surface area contributed by atoms with Crippen LogP contribution in [0.5, 0.6) is 0 Å². The third kappa shape index (κ3) is 2.44. The molecule has 1 rings (SSSR count). The topological polar surface area (TPSA) is 15.6 Å². The third-order valence-electron chi connectivity index (χ3n) is 1.68. The van der Waals surface area contributed by atoms with Crippen LogP contribution >= 0.6 is 0 Å². The number of hydrazone groups is 1. The van der Waals surface area contributed by atoms with Gasteiger partial charge in [-0.15, -0.1) is 0 Å². The van der Waals surface area contributed by atoms with Gasteiger partial charge < -0.3 is 0 Å². The monoisotopic (exact) mass is 174 g/mol. The lowest BCUT2D eigenvalue weighted by atomic mass is 10.2. The molecular formula is C11H14N2. The molecular weight excluding hydrogens is 160 g/mol. The first-order valence-electron chi connectivity index (χ1n) is 4.25. The van der Waals surface area contributed by atoms with Crippen molar-refractivity contribution >= 4 is 11.9 Å². The number of aryl methyl sites for hydroxylation is 1. The van der Waals surface area contributed by atoms with E-state index in [-0.39, 0.29) is 0 Å². The van der Waals surface area contributed by atoms with E-state index in [9.17, 15) is 0 Å². The Kier molecular flexibility index (Phi) is 3.26. The Hall–Kier alpha value is -1.57. The lowest BCUT2D eigenvalue weighted by Crippen LogP contribution is -2.06. The maximum absolute atomic E-state index is 4.14. The van der Waals surface area contributed by atoms with Crippen LogP contribution in [0.25, 0.3) is 0 Å². The van der Waals surface area contributed by atoms with Crippen molar-refractivity contribution < 1.29 is 0 Å². The van der Waals surface area contributed by atoms with Crippen molar-refractivity contribution in [2.24, 2.45) is 5.10 Å². The largest absolute Gasteiger partial charge is 0.242 e. The standard InChI is InChI=1S/C11H14N2/c1-4-12-13(5-2)11-8-6-7-10(3)9-11/h4-9H,2H2,1,3H3. The molecule has 2 heteroatoms. The van der Waals surface area contributed by atoms with E-state index in [1.54, 1.807) is 17.4 Å². The molecule has 0 aliphatic carbocycles. The molecule has 0 saturated heterocycles. The van der Waals surface area contributed by atoms with Gasteiger partial charge in [-0.3, -0.25) is 0 Å². The first-order valence-corrected chi connectivity index (χ1v) is 4.25. The molecule has 0 unspecified atom stereocenters. The quantitative estimate of drug-likeness (QED) is 0.508. The van der Waals surface area contributed by atoms with E-state index in [1.165, 1.54) is 5.56 Å². The van der Waals surface area contributed by atoms with Gasteiger partial charge in [0.05, 0.1) is 5.69 Å². The fraction of sp³-hybridized carbons (Fsp3) is 0.182. The van der Waals surface area contributed by atoms with E-state index in [4.69, 9.17) is 0 Å². The zero-order valence-electron chi connectivity index (χ0n) is 8.07. The summed E-state index contributed by atoms with van der Waals surface area (Å²) >= 11 is 0. The minimum atomic E-state index is 1.04. The molecule has 0 amide bonds. The van der Waals surface area contributed by atoms with Crippen LogP contribution in [0.15, 0.2) is 42.1 Å². The van der Waals surface area contributed by atoms with Crippen molar-refractivity contribution in [3.8, 4) is 0 Å². The van der Waals surface area contributed by atoms with E-state index in [0.717, 1.165) is 5.69 Å². The highest BCUT2D eigenvalue weighted by Crippen LogP contribution is 2.15. The van der Waals surface area contributed by atoms with Crippen molar-refractivity contribution in [1.82, 2.24) is 0 Å². The molecule has 0 saturated carbocycles. The first-order chi connectivity index (χ1) is 6.27. The Bertz CT molecular complexity index is 316. The molecule has 1 aromatic carbocycles. The maximum Gasteiger partial charge on any atom is 0.0647 e. The third-order valence-corrected chi connectivity index (χ3v) is 1.68. The highest BCUT2D eigenvalue weighted by atomic mass is 15.4. The summed E-state index contributed by atoms with van der Waals surface area (Å²) in [5, 5.41) is 5.89. The fourth-order valence-electron chi connectivity index (χ4n) is 1.11. The highest BCUT2D eigenvalue weighted by Gasteiger charge is 1.97. The molecule has 0 bridgehead atoms. The van der Waals surface area contributed by atoms with E-state index in [1.807, 2.05) is 19.1 Å². The van der Waals surface area contributed by atoms with Gasteiger partial charge in [-0.25, -0.2) is 5.01 Å². The molecule has 1 aromatic rings. The van der Waals surface area contributed by atoms with Crippen LogP contribution in [-0.2, 0) is 0 Å². The molecule has 0 spiro atoms. The summed E-state index contributed by atoms with van der Waals surface area (Å²) in [5.74, 6) is 0. The van der Waals surface area contributed by atoms with E-state index in [0.29, 0.717) is 0 Å². The van der Waals surface area contributed by atoms with Crippen molar-refractivity contribution in [3.05, 3.63) is 42.6 Å². The number of hydrogen-bond acceptors (Lipinski definition) is 2. The number of nitrogens with zero attached hydrogens (tertiary/aromatic N) is 2. The van der Waals surface area contributed by atoms with Gasteiger partial charge in [0, 0.05) is 12.4 Å². The van der Waals surface area contributed by atoms with Crippen molar-refractivity contribution in [3.63, 3.8) is 0 Å². The van der Waals surface area contributed by atoms with Crippen LogP contribution in [0, 0.1) is 6.92 Å². The number of anilines is 1. The highest BCUT2D eigenvalue weighted by molar-refractivity contribution is 5.59. The zero-order chi connectivity index (χ0) is 9.68. The summed E-state index contributed by atoms with van der Waals surface area (Å²) < 4.78 is 0. The average Bonchev–Trinajstić information content (AvgIpc) is 2.14. The number of rotatable bonds is 3. The summed E-state index contributed by atoms with van der Waals surface area (Å²) in [6, 6.07) is 8.13. The summed E-state index contributed by atoms with van der Waals surface area (Å²) in [6.07, 6.45) is 3.43. The van der Waals surface area contributed by atoms with Crippen LogP contribution in [0.4, 0.5) is 5.69 Å². The Morgan fingerprint density at radius 2 is 2.23 bits per heavy atom. The van der Waals surface area contributed by atoms with Crippen LogP contribution in [0.3, 0.4) is 0 Å². The van der Waals surface area contributed by atoms with Gasteiger partial charge in [0.2, 0.25) is 0 Å². The fourth-order valence-corrected chi connectivity index (χ4v) is 1.11. The van der Waals surface area contributed by atoms with Crippen LogP contribution in [-0.4, -0.2) is 6.21 Å². The van der Waals surface area contributed by atoms with Gasteiger partial charge in [-0.05, 0) is 31.5 Å². The predicted molar refractivity (Wildman–Crippen MR) is 58.0 cm³/mol. The Morgan fingerprint density at radius 1 is 1.46 bits per heavy atom. The normalized spacial score (nSPS) is 10.3. The second kappa shape index (κ2) is 4.45. The smallest absolute Gasteiger partial charge is 0.0647 e. The van der Waals surface area contributed by atoms with Crippen LogP contribution < -0.4 is 5.01 Å². The second-order valence-corrected chi connectivity index (χ2v) is 2.74. The van der Waals surface area contributed by atoms with Gasteiger partial charge in [-0.2, -0.15) is 5.10 Å². The first kappa shape index (κ1) is 9.52. The van der Waals surface area contributed by atoms with E-state index < -0.39 is 0 Å². The zero-order valence-corrected chi connectivity index (χ0v) is 8.07. The average molecular weight is 174 g/mol. The molecule has 0 heterocycles. The van der Waals surface area contributed by atoms with Crippen LogP contribution in [0.2, 0.25) is 0 Å². The summed E-state index contributed by atoms with van der Waals surface area (Å²) in [7, 11) is 0. The minimum absolute atomic E-state index is 1.04. The van der Waals surface area contributed by atoms with Crippen LogP contribution in [0.1, 0.15) is 12.5 Å². The van der Waals surface area contributed by atoms with Gasteiger partial charge in [-0.1, -0.05) is 18.7 Å². The molecule has 2 nitrogen and oxygen atoms in total. The van der Waals surface area contributed by atoms with Crippen molar-refractivity contribution in [2.75, 3.05) is 5.01 Å². The predicted octanol–water partition coefficient (Wildman–Crippen LogP) is 2.95. The Labute approximate surface area is 79.2 Å². The molecule has 13 heavy (non-hydrogen) atoms. The van der Waals surface area contributed by atoms with E-state index in [2.05, 4.69) is 30.7 Å². The maximum atomic E-state index is 4.14. The van der Waals surface area contributed by atoms with E-state index >= 15 is 0 Å².